The lowest BCUT2D eigenvalue weighted by Crippen LogP contribution is -2.12. The molecule has 8 heteroatoms. The Kier molecular flexibility index (Phi) is 4.22. The van der Waals surface area contributed by atoms with Gasteiger partial charge in [0.1, 0.15) is 10.6 Å². The van der Waals surface area contributed by atoms with Gasteiger partial charge in [0.2, 0.25) is 0 Å². The van der Waals surface area contributed by atoms with E-state index >= 15 is 0 Å². The van der Waals surface area contributed by atoms with Gasteiger partial charge in [-0.2, -0.15) is 5.10 Å². The molecule has 2 aromatic heterocycles. The molecule has 3 aromatic rings. The molecule has 7 nitrogen and oxygen atoms in total. The first-order chi connectivity index (χ1) is 11.4. The summed E-state index contributed by atoms with van der Waals surface area (Å²) in [6.07, 6.45) is 5.02. The second-order valence-electron chi connectivity index (χ2n) is 5.41. The van der Waals surface area contributed by atoms with Crippen molar-refractivity contribution >= 4 is 33.8 Å². The molecule has 0 spiro atoms. The smallest absolute Gasteiger partial charge is 0.267 e. The van der Waals surface area contributed by atoms with Crippen molar-refractivity contribution in [1.82, 2.24) is 14.8 Å². The van der Waals surface area contributed by atoms with Gasteiger partial charge in [0, 0.05) is 18.8 Å². The Morgan fingerprint density at radius 3 is 2.79 bits per heavy atom. The molecule has 0 fully saturated rings. The highest BCUT2D eigenvalue weighted by molar-refractivity contribution is 7.17. The monoisotopic (exact) mass is 343 g/mol. The van der Waals surface area contributed by atoms with Gasteiger partial charge >= 0.3 is 0 Å². The number of nitrogens with one attached hydrogen (secondary N) is 2. The molecule has 1 aromatic carbocycles. The molecule has 0 saturated heterocycles. The van der Waals surface area contributed by atoms with Gasteiger partial charge in [0.25, 0.3) is 5.91 Å². The third-order valence-electron chi connectivity index (χ3n) is 3.57. The highest BCUT2D eigenvalue weighted by atomic mass is 32.1. The minimum absolute atomic E-state index is 0.152. The van der Waals surface area contributed by atoms with E-state index in [1.807, 2.05) is 20.2 Å². The fourth-order valence-electron chi connectivity index (χ4n) is 2.25. The van der Waals surface area contributed by atoms with E-state index in [1.54, 1.807) is 29.9 Å². The van der Waals surface area contributed by atoms with Crippen molar-refractivity contribution in [3.05, 3.63) is 46.7 Å². The molecule has 3 rings (SSSR count). The van der Waals surface area contributed by atoms with Crippen molar-refractivity contribution in [3.8, 4) is 5.75 Å². The van der Waals surface area contributed by atoms with Gasteiger partial charge < -0.3 is 15.7 Å². The number of hydrogen-bond donors (Lipinski definition) is 3. The zero-order chi connectivity index (χ0) is 17.3. The summed E-state index contributed by atoms with van der Waals surface area (Å²) in [6, 6.07) is 3.38. The van der Waals surface area contributed by atoms with Crippen LogP contribution < -0.4 is 10.6 Å². The average Bonchev–Trinajstić information content (AvgIpc) is 3.17. The number of rotatable bonds is 4. The molecule has 0 aliphatic heterocycles. The lowest BCUT2D eigenvalue weighted by atomic mass is 10.1. The van der Waals surface area contributed by atoms with Crippen LogP contribution in [0.2, 0.25) is 0 Å². The minimum Gasteiger partial charge on any atom is -0.508 e. The first kappa shape index (κ1) is 16.0. The van der Waals surface area contributed by atoms with Crippen LogP contribution in [-0.2, 0) is 7.05 Å². The molecule has 1 amide bonds. The van der Waals surface area contributed by atoms with Gasteiger partial charge in [-0.1, -0.05) is 17.4 Å². The average molecular weight is 343 g/mol. The number of carbonyl (C=O) groups is 1. The van der Waals surface area contributed by atoms with E-state index in [0.717, 1.165) is 11.3 Å². The summed E-state index contributed by atoms with van der Waals surface area (Å²) in [6.45, 7) is 3.64. The summed E-state index contributed by atoms with van der Waals surface area (Å²) in [5.41, 5.74) is 2.95. The maximum absolute atomic E-state index is 12.4. The molecule has 0 unspecified atom stereocenters. The largest absolute Gasteiger partial charge is 0.508 e. The zero-order valence-corrected chi connectivity index (χ0v) is 14.3. The highest BCUT2D eigenvalue weighted by Crippen LogP contribution is 2.29. The van der Waals surface area contributed by atoms with Crippen molar-refractivity contribution in [1.29, 1.82) is 0 Å². The van der Waals surface area contributed by atoms with Crippen molar-refractivity contribution in [2.24, 2.45) is 7.05 Å². The Morgan fingerprint density at radius 2 is 2.08 bits per heavy atom. The molecule has 3 N–H and O–H groups in total. The van der Waals surface area contributed by atoms with Crippen LogP contribution >= 0.6 is 11.3 Å². The Labute approximate surface area is 143 Å². The number of carbonyl (C=O) groups excluding carboxylic acids is 1. The van der Waals surface area contributed by atoms with E-state index in [9.17, 15) is 9.90 Å². The second kappa shape index (κ2) is 6.32. The number of aryl methyl sites for hydroxylation is 2. The van der Waals surface area contributed by atoms with Gasteiger partial charge in [0.05, 0.1) is 23.8 Å². The molecule has 0 bridgehead atoms. The third-order valence-corrected chi connectivity index (χ3v) is 4.48. The summed E-state index contributed by atoms with van der Waals surface area (Å²) >= 11 is 1.25. The Balaban J connectivity index is 1.76. The van der Waals surface area contributed by atoms with Crippen LogP contribution in [0.15, 0.2) is 30.7 Å². The Hall–Kier alpha value is -2.87. The number of nitrogens with zero attached hydrogens (tertiary/aromatic N) is 3. The fraction of sp³-hybridized carbons (Fsp3) is 0.188. The molecular formula is C16H17N5O2S. The SMILES string of the molecule is Cc1ccc(O)c(C)c1NC(=O)c1cnc(Nc2cnn(C)c2)s1. The molecule has 24 heavy (non-hydrogen) atoms. The van der Waals surface area contributed by atoms with E-state index in [-0.39, 0.29) is 11.7 Å². The zero-order valence-electron chi connectivity index (χ0n) is 13.5. The number of amides is 1. The Bertz CT molecular complexity index is 900. The number of aromatic hydroxyl groups is 1. The second-order valence-corrected chi connectivity index (χ2v) is 6.44. The van der Waals surface area contributed by atoms with Gasteiger partial charge in [-0.05, 0) is 25.5 Å². The van der Waals surface area contributed by atoms with E-state index in [2.05, 4.69) is 20.7 Å². The Morgan fingerprint density at radius 1 is 1.29 bits per heavy atom. The first-order valence-electron chi connectivity index (χ1n) is 7.26. The summed E-state index contributed by atoms with van der Waals surface area (Å²) in [5.74, 6) is -0.109. The quantitative estimate of drug-likeness (QED) is 0.676. The van der Waals surface area contributed by atoms with Crippen molar-refractivity contribution in [3.63, 3.8) is 0 Å². The van der Waals surface area contributed by atoms with Crippen molar-refractivity contribution < 1.29 is 9.90 Å². The molecule has 124 valence electrons. The van der Waals surface area contributed by atoms with Crippen molar-refractivity contribution in [2.75, 3.05) is 10.6 Å². The number of hydrogen-bond acceptors (Lipinski definition) is 6. The predicted octanol–water partition coefficient (Wildman–Crippen LogP) is 3.19. The first-order valence-corrected chi connectivity index (χ1v) is 8.07. The lowest BCUT2D eigenvalue weighted by molar-refractivity contribution is 0.103. The van der Waals surface area contributed by atoms with E-state index in [0.29, 0.717) is 21.3 Å². The number of phenols is 1. The number of thiazole rings is 1. The van der Waals surface area contributed by atoms with Crippen molar-refractivity contribution in [2.45, 2.75) is 13.8 Å². The number of benzene rings is 1. The fourth-order valence-corrected chi connectivity index (χ4v) is 2.98. The maximum atomic E-state index is 12.4. The number of phenolic OH excluding ortho intramolecular Hbond substituents is 1. The number of aromatic nitrogens is 3. The van der Waals surface area contributed by atoms with Crippen LogP contribution in [0.5, 0.6) is 5.75 Å². The van der Waals surface area contributed by atoms with E-state index in [4.69, 9.17) is 0 Å². The van der Waals surface area contributed by atoms with Gasteiger partial charge in [-0.3, -0.25) is 9.48 Å². The predicted molar refractivity (Wildman–Crippen MR) is 94.1 cm³/mol. The standard InChI is InChI=1S/C16H17N5O2S/c1-9-4-5-12(22)10(2)14(9)20-15(23)13-7-17-16(24-13)19-11-6-18-21(3)8-11/h4-8,22H,1-3H3,(H,17,19)(H,20,23). The number of anilines is 3. The lowest BCUT2D eigenvalue weighted by Gasteiger charge is -2.11. The summed E-state index contributed by atoms with van der Waals surface area (Å²) in [7, 11) is 1.83. The van der Waals surface area contributed by atoms with E-state index in [1.165, 1.54) is 17.5 Å². The van der Waals surface area contributed by atoms with Gasteiger partial charge in [-0.25, -0.2) is 4.98 Å². The molecule has 0 radical (unpaired) electrons. The molecule has 0 saturated carbocycles. The maximum Gasteiger partial charge on any atom is 0.267 e. The highest BCUT2D eigenvalue weighted by Gasteiger charge is 2.15. The van der Waals surface area contributed by atoms with Crippen LogP contribution in [-0.4, -0.2) is 25.8 Å². The normalized spacial score (nSPS) is 10.6. The summed E-state index contributed by atoms with van der Waals surface area (Å²) in [5, 5.41) is 20.4. The van der Waals surface area contributed by atoms with Crippen LogP contribution in [0, 0.1) is 13.8 Å². The molecule has 0 atom stereocenters. The third kappa shape index (κ3) is 3.23. The van der Waals surface area contributed by atoms with E-state index < -0.39 is 0 Å². The van der Waals surface area contributed by atoms with Gasteiger partial charge in [0.15, 0.2) is 5.13 Å². The van der Waals surface area contributed by atoms with Crippen LogP contribution in [0.3, 0.4) is 0 Å². The topological polar surface area (TPSA) is 92.1 Å². The summed E-state index contributed by atoms with van der Waals surface area (Å²) < 4.78 is 1.68. The molecule has 0 aliphatic rings. The van der Waals surface area contributed by atoms with Crippen LogP contribution in [0.1, 0.15) is 20.8 Å². The van der Waals surface area contributed by atoms with Crippen LogP contribution in [0.4, 0.5) is 16.5 Å². The molecular weight excluding hydrogens is 326 g/mol. The summed E-state index contributed by atoms with van der Waals surface area (Å²) in [4.78, 5) is 17.1. The minimum atomic E-state index is -0.261. The van der Waals surface area contributed by atoms with Crippen LogP contribution in [0.25, 0.3) is 0 Å². The molecule has 2 heterocycles. The molecule has 0 aliphatic carbocycles. The van der Waals surface area contributed by atoms with Gasteiger partial charge in [-0.15, -0.1) is 0 Å².